The SMILES string of the molecule is CN(Cc1ccc(O)cc1)C(=O)[C@H]1CC(=O)N(C)[C@@H]1c1nccn1C. The molecule has 2 atom stereocenters. The highest BCUT2D eigenvalue weighted by Crippen LogP contribution is 2.37. The highest BCUT2D eigenvalue weighted by Gasteiger charge is 2.45. The lowest BCUT2D eigenvalue weighted by Crippen LogP contribution is -2.36. The number of aromatic hydroxyl groups is 1. The van der Waals surface area contributed by atoms with E-state index in [0.29, 0.717) is 12.4 Å². The Morgan fingerprint density at radius 2 is 2.00 bits per heavy atom. The highest BCUT2D eigenvalue weighted by molar-refractivity contribution is 5.90. The van der Waals surface area contributed by atoms with Gasteiger partial charge in [0.2, 0.25) is 11.8 Å². The van der Waals surface area contributed by atoms with Crippen LogP contribution in [-0.4, -0.2) is 50.4 Å². The molecule has 3 rings (SSSR count). The van der Waals surface area contributed by atoms with Crippen LogP contribution >= 0.6 is 0 Å². The number of hydrogen-bond donors (Lipinski definition) is 1. The number of phenols is 1. The summed E-state index contributed by atoms with van der Waals surface area (Å²) >= 11 is 0. The number of carbonyl (C=O) groups is 2. The van der Waals surface area contributed by atoms with E-state index in [1.807, 2.05) is 17.8 Å². The molecule has 0 spiro atoms. The summed E-state index contributed by atoms with van der Waals surface area (Å²) in [4.78, 5) is 32.8. The van der Waals surface area contributed by atoms with Crippen LogP contribution < -0.4 is 0 Å². The van der Waals surface area contributed by atoms with Crippen LogP contribution in [0.25, 0.3) is 0 Å². The Labute approximate surface area is 146 Å². The van der Waals surface area contributed by atoms with Crippen molar-refractivity contribution in [3.63, 3.8) is 0 Å². The lowest BCUT2D eigenvalue weighted by Gasteiger charge is -2.27. The fourth-order valence-corrected chi connectivity index (χ4v) is 3.34. The molecule has 25 heavy (non-hydrogen) atoms. The van der Waals surface area contributed by atoms with Gasteiger partial charge in [0.05, 0.1) is 5.92 Å². The molecule has 1 aromatic carbocycles. The maximum atomic E-state index is 13.0. The zero-order valence-corrected chi connectivity index (χ0v) is 14.6. The fourth-order valence-electron chi connectivity index (χ4n) is 3.34. The number of imidazole rings is 1. The first-order valence-electron chi connectivity index (χ1n) is 8.14. The maximum Gasteiger partial charge on any atom is 0.228 e. The zero-order chi connectivity index (χ0) is 18.1. The Bertz CT molecular complexity index is 784. The quantitative estimate of drug-likeness (QED) is 0.908. The molecule has 1 fully saturated rings. The first kappa shape index (κ1) is 17.0. The lowest BCUT2D eigenvalue weighted by atomic mass is 9.97. The molecule has 1 aliphatic heterocycles. The van der Waals surface area contributed by atoms with E-state index in [4.69, 9.17) is 0 Å². The molecule has 132 valence electrons. The molecular formula is C18H22N4O3. The van der Waals surface area contributed by atoms with Crippen LogP contribution in [0.2, 0.25) is 0 Å². The van der Waals surface area contributed by atoms with Crippen LogP contribution in [0.15, 0.2) is 36.7 Å². The Morgan fingerprint density at radius 3 is 2.60 bits per heavy atom. The van der Waals surface area contributed by atoms with Gasteiger partial charge in [-0.2, -0.15) is 0 Å². The molecule has 0 bridgehead atoms. The topological polar surface area (TPSA) is 78.7 Å². The molecule has 7 heteroatoms. The van der Waals surface area contributed by atoms with Crippen LogP contribution in [0.3, 0.4) is 0 Å². The van der Waals surface area contributed by atoms with Crippen molar-refractivity contribution in [2.24, 2.45) is 13.0 Å². The summed E-state index contributed by atoms with van der Waals surface area (Å²) in [6.07, 6.45) is 3.67. The van der Waals surface area contributed by atoms with E-state index in [1.54, 1.807) is 54.4 Å². The molecule has 2 amide bonds. The summed E-state index contributed by atoms with van der Waals surface area (Å²) in [5, 5.41) is 9.36. The molecule has 1 aliphatic rings. The smallest absolute Gasteiger partial charge is 0.228 e. The average Bonchev–Trinajstić information content (AvgIpc) is 3.12. The minimum absolute atomic E-state index is 0.0515. The summed E-state index contributed by atoms with van der Waals surface area (Å²) < 4.78 is 1.85. The molecule has 0 unspecified atom stereocenters. The predicted octanol–water partition coefficient (Wildman–Crippen LogP) is 1.30. The second-order valence-corrected chi connectivity index (χ2v) is 6.52. The summed E-state index contributed by atoms with van der Waals surface area (Å²) in [7, 11) is 5.31. The number of nitrogens with zero attached hydrogens (tertiary/aromatic N) is 4. The second-order valence-electron chi connectivity index (χ2n) is 6.52. The number of aromatic nitrogens is 2. The number of rotatable bonds is 4. The van der Waals surface area contributed by atoms with Gasteiger partial charge >= 0.3 is 0 Å². The molecule has 7 nitrogen and oxygen atoms in total. The first-order valence-corrected chi connectivity index (χ1v) is 8.14. The number of amides is 2. The van der Waals surface area contributed by atoms with Crippen molar-refractivity contribution in [1.29, 1.82) is 0 Å². The molecule has 1 saturated heterocycles. The maximum absolute atomic E-state index is 13.0. The van der Waals surface area contributed by atoms with Crippen LogP contribution in [0.4, 0.5) is 0 Å². The number of phenolic OH excluding ortho intramolecular Hbond substituents is 1. The number of likely N-dealkylation sites (tertiary alicyclic amines) is 1. The van der Waals surface area contributed by atoms with Crippen molar-refractivity contribution in [3.05, 3.63) is 48.0 Å². The Hall–Kier alpha value is -2.83. The largest absolute Gasteiger partial charge is 0.508 e. The van der Waals surface area contributed by atoms with Gasteiger partial charge in [-0.3, -0.25) is 9.59 Å². The summed E-state index contributed by atoms with van der Waals surface area (Å²) in [6.45, 7) is 0.417. The normalized spacial score (nSPS) is 20.1. The van der Waals surface area contributed by atoms with E-state index >= 15 is 0 Å². The van der Waals surface area contributed by atoms with Gasteiger partial charge in [0, 0.05) is 46.5 Å². The molecule has 0 aliphatic carbocycles. The van der Waals surface area contributed by atoms with Crippen molar-refractivity contribution in [1.82, 2.24) is 19.4 Å². The summed E-state index contributed by atoms with van der Waals surface area (Å²) in [5.41, 5.74) is 0.917. The van der Waals surface area contributed by atoms with Gasteiger partial charge in [-0.25, -0.2) is 4.98 Å². The molecule has 0 radical (unpaired) electrons. The van der Waals surface area contributed by atoms with Crippen molar-refractivity contribution >= 4 is 11.8 Å². The van der Waals surface area contributed by atoms with Gasteiger partial charge in [-0.1, -0.05) is 12.1 Å². The van der Waals surface area contributed by atoms with E-state index < -0.39 is 5.92 Å². The van der Waals surface area contributed by atoms with Crippen LogP contribution in [0, 0.1) is 5.92 Å². The predicted molar refractivity (Wildman–Crippen MR) is 91.4 cm³/mol. The van der Waals surface area contributed by atoms with Gasteiger partial charge in [0.1, 0.15) is 17.6 Å². The monoisotopic (exact) mass is 342 g/mol. The van der Waals surface area contributed by atoms with E-state index in [2.05, 4.69) is 4.98 Å². The van der Waals surface area contributed by atoms with E-state index in [-0.39, 0.29) is 30.0 Å². The van der Waals surface area contributed by atoms with E-state index in [9.17, 15) is 14.7 Å². The molecule has 2 heterocycles. The Kier molecular flexibility index (Phi) is 4.48. The number of carbonyl (C=O) groups excluding carboxylic acids is 2. The van der Waals surface area contributed by atoms with Crippen LogP contribution in [0.1, 0.15) is 23.9 Å². The third-order valence-corrected chi connectivity index (χ3v) is 4.76. The van der Waals surface area contributed by atoms with E-state index in [0.717, 1.165) is 5.56 Å². The average molecular weight is 342 g/mol. The molecule has 0 saturated carbocycles. The number of benzene rings is 1. The summed E-state index contributed by atoms with van der Waals surface area (Å²) in [5.74, 6) is 0.309. The van der Waals surface area contributed by atoms with Crippen molar-refractivity contribution in [2.75, 3.05) is 14.1 Å². The fraction of sp³-hybridized carbons (Fsp3) is 0.389. The first-order chi connectivity index (χ1) is 11.9. The van der Waals surface area contributed by atoms with Gasteiger partial charge in [-0.15, -0.1) is 0 Å². The molecular weight excluding hydrogens is 320 g/mol. The van der Waals surface area contributed by atoms with Crippen molar-refractivity contribution in [2.45, 2.75) is 19.0 Å². The second kappa shape index (κ2) is 6.58. The lowest BCUT2D eigenvalue weighted by molar-refractivity contribution is -0.135. The van der Waals surface area contributed by atoms with Gasteiger partial charge in [-0.05, 0) is 17.7 Å². The van der Waals surface area contributed by atoms with Crippen LogP contribution in [0.5, 0.6) is 5.75 Å². The highest BCUT2D eigenvalue weighted by atomic mass is 16.3. The zero-order valence-electron chi connectivity index (χ0n) is 14.6. The van der Waals surface area contributed by atoms with E-state index in [1.165, 1.54) is 0 Å². The number of aryl methyl sites for hydroxylation is 1. The molecule has 1 aromatic heterocycles. The standard InChI is InChI=1S/C18H22N4O3/c1-20-9-8-19-17(20)16-14(10-15(24)22(16)3)18(25)21(2)11-12-4-6-13(23)7-5-12/h4-9,14,16,23H,10-11H2,1-3H3/t14-,16-/m0/s1. The van der Waals surface area contributed by atoms with Gasteiger partial charge in [0.25, 0.3) is 0 Å². The Balaban J connectivity index is 1.80. The third kappa shape index (κ3) is 3.22. The van der Waals surface area contributed by atoms with Gasteiger partial charge in [0.15, 0.2) is 0 Å². The van der Waals surface area contributed by atoms with Crippen molar-refractivity contribution < 1.29 is 14.7 Å². The third-order valence-electron chi connectivity index (χ3n) is 4.76. The van der Waals surface area contributed by atoms with Gasteiger partial charge < -0.3 is 19.5 Å². The molecule has 2 aromatic rings. The van der Waals surface area contributed by atoms with Crippen LogP contribution in [-0.2, 0) is 23.2 Å². The Morgan fingerprint density at radius 1 is 1.32 bits per heavy atom. The molecule has 1 N–H and O–H groups in total. The van der Waals surface area contributed by atoms with Crippen molar-refractivity contribution in [3.8, 4) is 5.75 Å². The summed E-state index contributed by atoms with van der Waals surface area (Å²) in [6, 6.07) is 6.39. The minimum atomic E-state index is -0.458. The number of hydrogen-bond acceptors (Lipinski definition) is 4. The minimum Gasteiger partial charge on any atom is -0.508 e.